The Hall–Kier alpha value is -1.30. The first-order valence-electron chi connectivity index (χ1n) is 6.66. The lowest BCUT2D eigenvalue weighted by Crippen LogP contribution is -2.43. The standard InChI is InChI=1S/C14H19ClN2O3/c1-9(20-13-5-3-2-4-11(13)15)7-17-14(19)12-6-10(18)8-16-12/h2-5,9-10,12,16,18H,6-8H2,1H3,(H,17,19)/t9-,10-,12-/m1/s1. The Kier molecular flexibility index (Phi) is 5.23. The third-order valence-corrected chi connectivity index (χ3v) is 3.46. The van der Waals surface area contributed by atoms with Crippen LogP contribution in [-0.4, -0.2) is 42.4 Å². The number of β-amino-alcohol motifs (C(OH)–C–C–N with tert-alkyl or cyclic N) is 1. The third kappa shape index (κ3) is 4.10. The molecular weight excluding hydrogens is 280 g/mol. The van der Waals surface area contributed by atoms with Crippen LogP contribution in [0.2, 0.25) is 5.02 Å². The Morgan fingerprint density at radius 1 is 1.60 bits per heavy atom. The van der Waals surface area contributed by atoms with Gasteiger partial charge in [-0.2, -0.15) is 0 Å². The lowest BCUT2D eigenvalue weighted by molar-refractivity contribution is -0.123. The molecule has 1 fully saturated rings. The fraction of sp³-hybridized carbons (Fsp3) is 0.500. The molecular formula is C14H19ClN2O3. The Bertz CT molecular complexity index is 469. The van der Waals surface area contributed by atoms with Gasteiger partial charge in [-0.3, -0.25) is 4.79 Å². The van der Waals surface area contributed by atoms with Gasteiger partial charge in [0.15, 0.2) is 0 Å². The molecule has 110 valence electrons. The van der Waals surface area contributed by atoms with E-state index in [-0.39, 0.29) is 18.1 Å². The van der Waals surface area contributed by atoms with Crippen LogP contribution < -0.4 is 15.4 Å². The van der Waals surface area contributed by atoms with Gasteiger partial charge < -0.3 is 20.5 Å². The maximum atomic E-state index is 11.8. The monoisotopic (exact) mass is 298 g/mol. The second-order valence-electron chi connectivity index (χ2n) is 4.95. The normalized spacial score (nSPS) is 23.4. The number of ether oxygens (including phenoxy) is 1. The van der Waals surface area contributed by atoms with Gasteiger partial charge in [-0.05, 0) is 25.5 Å². The summed E-state index contributed by atoms with van der Waals surface area (Å²) in [6, 6.07) is 6.90. The number of para-hydroxylation sites is 1. The van der Waals surface area contributed by atoms with Gasteiger partial charge in [0.05, 0.1) is 23.7 Å². The fourth-order valence-corrected chi connectivity index (χ4v) is 2.26. The molecule has 1 heterocycles. The molecule has 0 aromatic heterocycles. The van der Waals surface area contributed by atoms with Crippen molar-refractivity contribution < 1.29 is 14.6 Å². The van der Waals surface area contributed by atoms with Gasteiger partial charge >= 0.3 is 0 Å². The number of halogens is 1. The molecule has 2 rings (SSSR count). The maximum Gasteiger partial charge on any atom is 0.237 e. The number of aliphatic hydroxyl groups is 1. The molecule has 3 atom stereocenters. The lowest BCUT2D eigenvalue weighted by atomic mass is 10.2. The Balaban J connectivity index is 1.76. The number of benzene rings is 1. The van der Waals surface area contributed by atoms with Gasteiger partial charge in [-0.15, -0.1) is 0 Å². The summed E-state index contributed by atoms with van der Waals surface area (Å²) in [7, 11) is 0. The Labute approximate surface area is 123 Å². The minimum absolute atomic E-state index is 0.115. The Morgan fingerprint density at radius 3 is 3.00 bits per heavy atom. The van der Waals surface area contributed by atoms with Crippen LogP contribution in [0.3, 0.4) is 0 Å². The zero-order chi connectivity index (χ0) is 14.5. The van der Waals surface area contributed by atoms with Crippen molar-refractivity contribution in [2.24, 2.45) is 0 Å². The van der Waals surface area contributed by atoms with E-state index in [0.29, 0.717) is 30.3 Å². The number of carbonyl (C=O) groups is 1. The molecule has 0 radical (unpaired) electrons. The zero-order valence-corrected chi connectivity index (χ0v) is 12.1. The van der Waals surface area contributed by atoms with Gasteiger partial charge in [-0.1, -0.05) is 23.7 Å². The molecule has 0 aliphatic carbocycles. The Morgan fingerprint density at radius 2 is 2.35 bits per heavy atom. The van der Waals surface area contributed by atoms with E-state index in [0.717, 1.165) is 0 Å². The molecule has 1 aliphatic rings. The maximum absolute atomic E-state index is 11.8. The molecule has 0 unspecified atom stereocenters. The number of aliphatic hydroxyl groups excluding tert-OH is 1. The summed E-state index contributed by atoms with van der Waals surface area (Å²) < 4.78 is 5.66. The third-order valence-electron chi connectivity index (χ3n) is 3.15. The molecule has 6 heteroatoms. The van der Waals surface area contributed by atoms with Gasteiger partial charge in [0.1, 0.15) is 11.9 Å². The van der Waals surface area contributed by atoms with E-state index >= 15 is 0 Å². The smallest absolute Gasteiger partial charge is 0.237 e. The summed E-state index contributed by atoms with van der Waals surface area (Å²) in [6.45, 7) is 2.71. The van der Waals surface area contributed by atoms with Crippen molar-refractivity contribution in [1.29, 1.82) is 0 Å². The van der Waals surface area contributed by atoms with E-state index in [2.05, 4.69) is 10.6 Å². The molecule has 1 aromatic carbocycles. The van der Waals surface area contributed by atoms with E-state index in [1.165, 1.54) is 0 Å². The lowest BCUT2D eigenvalue weighted by Gasteiger charge is -2.17. The van der Waals surface area contributed by atoms with Crippen molar-refractivity contribution in [1.82, 2.24) is 10.6 Å². The SMILES string of the molecule is C[C@H](CNC(=O)[C@H]1C[C@@H](O)CN1)Oc1ccccc1Cl. The molecule has 5 nitrogen and oxygen atoms in total. The highest BCUT2D eigenvalue weighted by molar-refractivity contribution is 6.32. The quantitative estimate of drug-likeness (QED) is 0.757. The van der Waals surface area contributed by atoms with Crippen LogP contribution in [0.15, 0.2) is 24.3 Å². The van der Waals surface area contributed by atoms with Crippen molar-refractivity contribution in [3.8, 4) is 5.75 Å². The predicted octanol–water partition coefficient (Wildman–Crippen LogP) is 0.946. The number of nitrogens with one attached hydrogen (secondary N) is 2. The molecule has 20 heavy (non-hydrogen) atoms. The van der Waals surface area contributed by atoms with E-state index in [9.17, 15) is 9.90 Å². The first-order valence-corrected chi connectivity index (χ1v) is 7.04. The van der Waals surface area contributed by atoms with Crippen molar-refractivity contribution >= 4 is 17.5 Å². The van der Waals surface area contributed by atoms with Crippen molar-refractivity contribution in [3.63, 3.8) is 0 Å². The van der Waals surface area contributed by atoms with Crippen molar-refractivity contribution in [2.75, 3.05) is 13.1 Å². The van der Waals surface area contributed by atoms with E-state index in [4.69, 9.17) is 16.3 Å². The first kappa shape index (κ1) is 15.1. The zero-order valence-electron chi connectivity index (χ0n) is 11.3. The summed E-state index contributed by atoms with van der Waals surface area (Å²) in [4.78, 5) is 11.8. The number of hydrogen-bond donors (Lipinski definition) is 3. The molecule has 1 aliphatic heterocycles. The topological polar surface area (TPSA) is 70.6 Å². The van der Waals surface area contributed by atoms with Crippen molar-refractivity contribution in [2.45, 2.75) is 31.6 Å². The summed E-state index contributed by atoms with van der Waals surface area (Å²) in [6.07, 6.45) is -0.182. The molecule has 3 N–H and O–H groups in total. The van der Waals surface area contributed by atoms with Crippen LogP contribution >= 0.6 is 11.6 Å². The highest BCUT2D eigenvalue weighted by Crippen LogP contribution is 2.24. The molecule has 0 bridgehead atoms. The summed E-state index contributed by atoms with van der Waals surface area (Å²) in [5.74, 6) is 0.487. The highest BCUT2D eigenvalue weighted by Gasteiger charge is 2.27. The fourth-order valence-electron chi connectivity index (χ4n) is 2.08. The molecule has 0 saturated carbocycles. The van der Waals surface area contributed by atoms with E-state index in [1.807, 2.05) is 19.1 Å². The first-order chi connectivity index (χ1) is 9.56. The van der Waals surface area contributed by atoms with Crippen LogP contribution in [0, 0.1) is 0 Å². The van der Waals surface area contributed by atoms with Gasteiger partial charge in [0, 0.05) is 6.54 Å². The molecule has 1 saturated heterocycles. The van der Waals surface area contributed by atoms with Crippen LogP contribution in [0.1, 0.15) is 13.3 Å². The molecule has 1 aromatic rings. The second-order valence-corrected chi connectivity index (χ2v) is 5.36. The average Bonchev–Trinajstić information content (AvgIpc) is 2.85. The van der Waals surface area contributed by atoms with Crippen LogP contribution in [0.4, 0.5) is 0 Å². The summed E-state index contributed by atoms with van der Waals surface area (Å²) in [5.41, 5.74) is 0. The van der Waals surface area contributed by atoms with E-state index in [1.54, 1.807) is 12.1 Å². The highest BCUT2D eigenvalue weighted by atomic mass is 35.5. The molecule has 1 amide bonds. The molecule has 0 spiro atoms. The average molecular weight is 299 g/mol. The van der Waals surface area contributed by atoms with Crippen molar-refractivity contribution in [3.05, 3.63) is 29.3 Å². The second kappa shape index (κ2) is 6.92. The summed E-state index contributed by atoms with van der Waals surface area (Å²) >= 11 is 6.00. The predicted molar refractivity (Wildman–Crippen MR) is 77.0 cm³/mol. The summed E-state index contributed by atoms with van der Waals surface area (Å²) in [5, 5.41) is 15.7. The van der Waals surface area contributed by atoms with E-state index < -0.39 is 6.10 Å². The van der Waals surface area contributed by atoms with Gasteiger partial charge in [0.25, 0.3) is 0 Å². The number of carbonyl (C=O) groups excluding carboxylic acids is 1. The van der Waals surface area contributed by atoms with Crippen LogP contribution in [0.25, 0.3) is 0 Å². The van der Waals surface area contributed by atoms with Crippen LogP contribution in [-0.2, 0) is 4.79 Å². The number of rotatable bonds is 5. The number of hydrogen-bond acceptors (Lipinski definition) is 4. The van der Waals surface area contributed by atoms with Crippen LogP contribution in [0.5, 0.6) is 5.75 Å². The largest absolute Gasteiger partial charge is 0.487 e. The van der Waals surface area contributed by atoms with Gasteiger partial charge in [0.2, 0.25) is 5.91 Å². The minimum Gasteiger partial charge on any atom is -0.487 e. The number of amides is 1. The minimum atomic E-state index is -0.442. The van der Waals surface area contributed by atoms with Gasteiger partial charge in [-0.25, -0.2) is 0 Å².